The molecule has 1 aromatic heterocycles. The molecular weight excluding hydrogens is 326 g/mol. The maximum Gasteiger partial charge on any atom is 0.234 e. The highest BCUT2D eigenvalue weighted by molar-refractivity contribution is 5.78. The molecule has 1 saturated heterocycles. The first-order valence-electron chi connectivity index (χ1n) is 10.0. The second-order valence-corrected chi connectivity index (χ2v) is 8.68. The average Bonchev–Trinajstić information content (AvgIpc) is 3.25. The molecule has 2 atom stereocenters. The molecule has 26 heavy (non-hydrogen) atoms. The minimum Gasteiger partial charge on any atom is -0.350 e. The van der Waals surface area contributed by atoms with Gasteiger partial charge in [0.05, 0.1) is 12.6 Å². The van der Waals surface area contributed by atoms with Gasteiger partial charge in [-0.2, -0.15) is 0 Å². The molecule has 1 N–H and O–H groups in total. The summed E-state index contributed by atoms with van der Waals surface area (Å²) in [7, 11) is 3.86. The highest BCUT2D eigenvalue weighted by atomic mass is 16.2. The van der Waals surface area contributed by atoms with Crippen LogP contribution in [-0.4, -0.2) is 60.5 Å². The number of amides is 1. The van der Waals surface area contributed by atoms with Crippen LogP contribution in [0.15, 0.2) is 6.07 Å². The van der Waals surface area contributed by atoms with Gasteiger partial charge in [0.1, 0.15) is 0 Å². The lowest BCUT2D eigenvalue weighted by Gasteiger charge is -2.26. The fourth-order valence-corrected chi connectivity index (χ4v) is 4.32. The van der Waals surface area contributed by atoms with E-state index in [0.29, 0.717) is 18.4 Å². The molecular formula is C20H31N5O. The Hall–Kier alpha value is -1.69. The number of carbonyl (C=O) groups is 1. The zero-order chi connectivity index (χ0) is 18.3. The van der Waals surface area contributed by atoms with Crippen LogP contribution < -0.4 is 10.2 Å². The number of aromatic nitrogens is 2. The van der Waals surface area contributed by atoms with Crippen LogP contribution in [-0.2, 0) is 4.79 Å². The van der Waals surface area contributed by atoms with Gasteiger partial charge in [-0.15, -0.1) is 0 Å². The summed E-state index contributed by atoms with van der Waals surface area (Å²) < 4.78 is 0. The molecule has 1 amide bonds. The van der Waals surface area contributed by atoms with E-state index in [1.54, 1.807) is 0 Å². The van der Waals surface area contributed by atoms with Crippen molar-refractivity contribution >= 4 is 11.9 Å². The van der Waals surface area contributed by atoms with Gasteiger partial charge in [-0.3, -0.25) is 4.79 Å². The van der Waals surface area contributed by atoms with Crippen LogP contribution in [0.2, 0.25) is 0 Å². The molecule has 1 aromatic rings. The Morgan fingerprint density at radius 1 is 1.23 bits per heavy atom. The summed E-state index contributed by atoms with van der Waals surface area (Å²) in [5, 5.41) is 3.28. The molecule has 3 aliphatic rings. The number of hydrogen-bond acceptors (Lipinski definition) is 5. The van der Waals surface area contributed by atoms with Crippen LogP contribution in [0.3, 0.4) is 0 Å². The molecule has 3 fully saturated rings. The van der Waals surface area contributed by atoms with Crippen LogP contribution in [0.1, 0.15) is 49.4 Å². The van der Waals surface area contributed by atoms with Gasteiger partial charge in [0, 0.05) is 36.3 Å². The van der Waals surface area contributed by atoms with Crippen LogP contribution in [0.4, 0.5) is 5.95 Å². The fourth-order valence-electron chi connectivity index (χ4n) is 4.32. The van der Waals surface area contributed by atoms with Crippen molar-refractivity contribution in [2.24, 2.45) is 11.8 Å². The first-order chi connectivity index (χ1) is 12.5. The number of carbonyl (C=O) groups excluding carboxylic acids is 1. The minimum atomic E-state index is 0.118. The summed E-state index contributed by atoms with van der Waals surface area (Å²) in [6, 6.07) is 2.36. The summed E-state index contributed by atoms with van der Waals surface area (Å²) in [6.45, 7) is 4.30. The first kappa shape index (κ1) is 17.7. The van der Waals surface area contributed by atoms with Gasteiger partial charge in [-0.05, 0) is 58.7 Å². The summed E-state index contributed by atoms with van der Waals surface area (Å²) in [4.78, 5) is 26.1. The van der Waals surface area contributed by atoms with Crippen molar-refractivity contribution in [2.75, 3.05) is 38.6 Å². The zero-order valence-corrected chi connectivity index (χ0v) is 16.2. The summed E-state index contributed by atoms with van der Waals surface area (Å²) in [6.07, 6.45) is 6.41. The second kappa shape index (κ2) is 7.14. The third kappa shape index (κ3) is 3.85. The molecule has 0 unspecified atom stereocenters. The molecule has 6 heteroatoms. The Morgan fingerprint density at radius 3 is 2.62 bits per heavy atom. The van der Waals surface area contributed by atoms with Crippen molar-refractivity contribution in [1.29, 1.82) is 0 Å². The summed E-state index contributed by atoms with van der Waals surface area (Å²) >= 11 is 0. The molecule has 0 aromatic carbocycles. The van der Waals surface area contributed by atoms with Crippen molar-refractivity contribution in [3.63, 3.8) is 0 Å². The van der Waals surface area contributed by atoms with Gasteiger partial charge in [0.2, 0.25) is 11.9 Å². The zero-order valence-electron chi connectivity index (χ0n) is 16.2. The van der Waals surface area contributed by atoms with E-state index < -0.39 is 0 Å². The van der Waals surface area contributed by atoms with E-state index in [4.69, 9.17) is 9.97 Å². The average molecular weight is 358 g/mol. The quantitative estimate of drug-likeness (QED) is 0.843. The smallest absolute Gasteiger partial charge is 0.234 e. The molecule has 0 spiro atoms. The maximum atomic E-state index is 12.3. The largest absolute Gasteiger partial charge is 0.350 e. The van der Waals surface area contributed by atoms with E-state index in [-0.39, 0.29) is 11.9 Å². The number of nitrogens with zero attached hydrogens (tertiary/aromatic N) is 4. The topological polar surface area (TPSA) is 61.4 Å². The van der Waals surface area contributed by atoms with Gasteiger partial charge in [0.15, 0.2) is 0 Å². The van der Waals surface area contributed by atoms with Gasteiger partial charge >= 0.3 is 0 Å². The SMILES string of the molecule is Cc1cc(C2CCC2)nc(N2C[C@@H](NC(=O)CN(C)C)[C@H](C3CC3)C2)n1. The predicted octanol–water partition coefficient (Wildman–Crippen LogP) is 1.95. The lowest BCUT2D eigenvalue weighted by Crippen LogP contribution is -2.44. The number of hydrogen-bond donors (Lipinski definition) is 1. The molecule has 2 heterocycles. The third-order valence-corrected chi connectivity index (χ3v) is 6.07. The van der Waals surface area contributed by atoms with Crippen molar-refractivity contribution < 1.29 is 4.79 Å². The van der Waals surface area contributed by atoms with Gasteiger partial charge in [-0.25, -0.2) is 9.97 Å². The Balaban J connectivity index is 1.49. The number of nitrogens with one attached hydrogen (secondary N) is 1. The number of anilines is 1. The summed E-state index contributed by atoms with van der Waals surface area (Å²) in [5.74, 6) is 2.88. The van der Waals surface area contributed by atoms with Gasteiger partial charge in [0.25, 0.3) is 0 Å². The minimum absolute atomic E-state index is 0.118. The molecule has 0 radical (unpaired) electrons. The Labute approximate surface area is 156 Å². The van der Waals surface area contributed by atoms with E-state index >= 15 is 0 Å². The fraction of sp³-hybridized carbons (Fsp3) is 0.750. The van der Waals surface area contributed by atoms with Crippen molar-refractivity contribution in [3.05, 3.63) is 17.5 Å². The number of aryl methyl sites for hydroxylation is 1. The molecule has 2 aliphatic carbocycles. The van der Waals surface area contributed by atoms with Crippen molar-refractivity contribution in [1.82, 2.24) is 20.2 Å². The van der Waals surface area contributed by atoms with Crippen LogP contribution in [0.25, 0.3) is 0 Å². The maximum absolute atomic E-state index is 12.3. The molecule has 4 rings (SSSR count). The van der Waals surface area contributed by atoms with Crippen LogP contribution >= 0.6 is 0 Å². The number of rotatable bonds is 6. The Bertz CT molecular complexity index is 668. The standard InChI is InChI=1S/C20H31N5O/c1-13-9-17(15-5-4-6-15)23-20(21-13)25-10-16(14-7-8-14)18(11-25)22-19(26)12-24(2)3/h9,14-16,18H,4-8,10-12H2,1-3H3,(H,22,26)/t16-,18+/m0/s1. The predicted molar refractivity (Wildman–Crippen MR) is 102 cm³/mol. The Morgan fingerprint density at radius 2 is 2.00 bits per heavy atom. The molecule has 142 valence electrons. The van der Waals surface area contributed by atoms with Crippen molar-refractivity contribution in [2.45, 2.75) is 51.0 Å². The molecule has 6 nitrogen and oxygen atoms in total. The van der Waals surface area contributed by atoms with E-state index in [0.717, 1.165) is 30.6 Å². The Kier molecular flexibility index (Phi) is 4.86. The third-order valence-electron chi connectivity index (χ3n) is 6.07. The molecule has 2 saturated carbocycles. The first-order valence-corrected chi connectivity index (χ1v) is 10.0. The normalized spacial score (nSPS) is 26.2. The van der Waals surface area contributed by atoms with Gasteiger partial charge < -0.3 is 15.1 Å². The monoisotopic (exact) mass is 357 g/mol. The second-order valence-electron chi connectivity index (χ2n) is 8.68. The van der Waals surface area contributed by atoms with E-state index in [1.807, 2.05) is 19.0 Å². The molecule has 1 aliphatic heterocycles. The highest BCUT2D eigenvalue weighted by Crippen LogP contribution is 2.42. The van der Waals surface area contributed by atoms with Crippen LogP contribution in [0.5, 0.6) is 0 Å². The van der Waals surface area contributed by atoms with E-state index in [1.165, 1.54) is 37.8 Å². The van der Waals surface area contributed by atoms with Crippen molar-refractivity contribution in [3.8, 4) is 0 Å². The summed E-state index contributed by atoms with van der Waals surface area (Å²) in [5.41, 5.74) is 2.27. The highest BCUT2D eigenvalue weighted by Gasteiger charge is 2.44. The van der Waals surface area contributed by atoms with E-state index in [9.17, 15) is 4.79 Å². The lowest BCUT2D eigenvalue weighted by atomic mass is 9.83. The van der Waals surface area contributed by atoms with E-state index in [2.05, 4.69) is 23.2 Å². The lowest BCUT2D eigenvalue weighted by molar-refractivity contribution is -0.122. The van der Waals surface area contributed by atoms with Gasteiger partial charge in [-0.1, -0.05) is 6.42 Å². The molecule has 0 bridgehead atoms. The van der Waals surface area contributed by atoms with Crippen LogP contribution in [0, 0.1) is 18.8 Å². The number of likely N-dealkylation sites (N-methyl/N-ethyl adjacent to an activating group) is 1.